The van der Waals surface area contributed by atoms with Gasteiger partial charge in [-0.1, -0.05) is 58.6 Å². The molecule has 4 rings (SSSR count). The molecule has 0 aromatic heterocycles. The molecule has 3 amide bonds. The zero-order chi connectivity index (χ0) is 51.1. The summed E-state index contributed by atoms with van der Waals surface area (Å²) in [7, 11) is 9.57. The van der Waals surface area contributed by atoms with E-state index in [0.717, 1.165) is 68.7 Å². The number of ether oxygens (including phenoxy) is 3. The molecule has 1 atom stereocenters. The lowest BCUT2D eigenvalue weighted by Crippen LogP contribution is -2.46. The van der Waals surface area contributed by atoms with Crippen LogP contribution in [0.25, 0.3) is 0 Å². The van der Waals surface area contributed by atoms with Gasteiger partial charge in [0.1, 0.15) is 13.6 Å². The van der Waals surface area contributed by atoms with E-state index in [0.29, 0.717) is 43.8 Å². The van der Waals surface area contributed by atoms with Gasteiger partial charge in [0, 0.05) is 118 Å². The second-order valence-corrected chi connectivity index (χ2v) is 19.5. The number of benzene rings is 3. The molecule has 2 radical (unpaired) electrons. The third-order valence-corrected chi connectivity index (χ3v) is 12.1. The number of alkyl halides is 1. The fourth-order valence-electron chi connectivity index (χ4n) is 7.15. The van der Waals surface area contributed by atoms with Gasteiger partial charge in [-0.25, -0.2) is 0 Å². The quantitative estimate of drug-likeness (QED) is 0.0177. The predicted octanol–water partition coefficient (Wildman–Crippen LogP) is 8.84. The van der Waals surface area contributed by atoms with Crippen molar-refractivity contribution in [3.8, 4) is 5.75 Å². The van der Waals surface area contributed by atoms with Crippen LogP contribution in [0.1, 0.15) is 112 Å². The van der Waals surface area contributed by atoms with E-state index in [1.165, 1.54) is 37.8 Å². The largest absolute Gasteiger partial charge is 0.495 e. The van der Waals surface area contributed by atoms with Crippen LogP contribution < -0.4 is 42.4 Å². The van der Waals surface area contributed by atoms with Gasteiger partial charge in [-0.15, -0.1) is 11.6 Å². The molecule has 14 nitrogen and oxygen atoms in total. The Morgan fingerprint density at radius 3 is 1.94 bits per heavy atom. The Labute approximate surface area is 421 Å². The number of nitrogens with two attached hydrogens (primary N) is 2. The zero-order valence-electron chi connectivity index (χ0n) is 43.2. The van der Waals surface area contributed by atoms with Gasteiger partial charge in [0.25, 0.3) is 0 Å². The van der Waals surface area contributed by atoms with Gasteiger partial charge in [0.05, 0.1) is 12.8 Å². The van der Waals surface area contributed by atoms with E-state index >= 15 is 0 Å². The van der Waals surface area contributed by atoms with Crippen molar-refractivity contribution >= 4 is 65.6 Å². The maximum atomic E-state index is 12.6. The molecule has 0 bridgehead atoms. The van der Waals surface area contributed by atoms with Gasteiger partial charge in [-0.3, -0.25) is 19.3 Å². The molecule has 1 saturated heterocycles. The maximum absolute atomic E-state index is 12.6. The number of rotatable bonds is 28. The number of amides is 3. The van der Waals surface area contributed by atoms with Gasteiger partial charge in [0.2, 0.25) is 17.7 Å². The molecule has 8 N–H and O–H groups in total. The van der Waals surface area contributed by atoms with Gasteiger partial charge >= 0.3 is 0 Å². The Balaban J connectivity index is 0.000000425. The number of piperazine rings is 1. The molecule has 16 heteroatoms. The predicted molar refractivity (Wildman–Crippen MR) is 289 cm³/mol. The highest BCUT2D eigenvalue weighted by Crippen LogP contribution is 2.29. The minimum absolute atomic E-state index is 0.0889. The second-order valence-electron chi connectivity index (χ2n) is 19.2. The summed E-state index contributed by atoms with van der Waals surface area (Å²) in [5.41, 5.74) is 13.8. The Kier molecular flexibility index (Phi) is 28.9. The summed E-state index contributed by atoms with van der Waals surface area (Å²) in [6.45, 7) is 19.0. The summed E-state index contributed by atoms with van der Waals surface area (Å²) in [6, 6.07) is 23.1. The summed E-state index contributed by atoms with van der Waals surface area (Å²) in [5.74, 6) is 1.26. The number of methoxy groups -OCH3 is 2. The molecule has 1 unspecified atom stereocenters. The van der Waals surface area contributed by atoms with Crippen LogP contribution in [0.5, 0.6) is 5.75 Å². The smallest absolute Gasteiger partial charge is 0.230 e. The van der Waals surface area contributed by atoms with Crippen LogP contribution >= 0.6 is 11.6 Å². The number of halogens is 1. The molecular weight excluding hydrogens is 891 g/mol. The van der Waals surface area contributed by atoms with E-state index < -0.39 is 16.5 Å². The standard InChI is InChI=1S/C26H43BN4O5.C20H28N4O.C7H15Cl/c1-24(2,23(34)30-20-9-7-19(28)8-10-20)14-18-36-26(5,27)13-16-29-21(32)11-12-22(33)31-25(3,4)15-17-35-6;1-25-20-6-3-2-5-19(20)24-15-13-23(14-16-24)12-4-11-22-18-9-7-17(21)8-10-18;1-2-3-4-5-6-7-8/h7-10H,11-18,28H2,1-6H3,(H,29,32)(H,30,34)(H,31,33);2-3,5-10,22H,4,11-16,21H2,1H3;2-7H2,1H3. The van der Waals surface area contributed by atoms with Gasteiger partial charge < -0.3 is 51.8 Å². The van der Waals surface area contributed by atoms with E-state index in [-0.39, 0.29) is 37.2 Å². The average molecular weight is 978 g/mol. The van der Waals surface area contributed by atoms with Crippen LogP contribution in [0.15, 0.2) is 72.8 Å². The van der Waals surface area contributed by atoms with Crippen molar-refractivity contribution < 1.29 is 28.6 Å². The van der Waals surface area contributed by atoms with E-state index in [1.54, 1.807) is 45.4 Å². The molecular formula is C53H86BClN8O6. The molecule has 1 fully saturated rings. The van der Waals surface area contributed by atoms with Crippen LogP contribution in [0.3, 0.4) is 0 Å². The third-order valence-electron chi connectivity index (χ3n) is 11.8. The lowest BCUT2D eigenvalue weighted by molar-refractivity contribution is -0.127. The lowest BCUT2D eigenvalue weighted by atomic mass is 9.80. The highest BCUT2D eigenvalue weighted by molar-refractivity contribution is 6.17. The lowest BCUT2D eigenvalue weighted by Gasteiger charge is -2.36. The molecule has 0 saturated carbocycles. The molecule has 1 heterocycles. The Morgan fingerprint density at radius 1 is 0.725 bits per heavy atom. The summed E-state index contributed by atoms with van der Waals surface area (Å²) in [4.78, 5) is 41.8. The van der Waals surface area contributed by atoms with Crippen molar-refractivity contribution in [2.45, 2.75) is 123 Å². The van der Waals surface area contributed by atoms with Crippen molar-refractivity contribution in [1.29, 1.82) is 0 Å². The SMILES string of the molecule is CCCCCCCCl.COc1ccccc1N1CCN(CCCNc2ccc(N)cc2)CC1.[B]C(C)(CCNC(=O)CCC(=O)NC(C)(C)CCOC)OCCC(C)(C)C(=O)Nc1ccc(N)cc1. The molecule has 0 spiro atoms. The molecule has 1 aliphatic rings. The van der Waals surface area contributed by atoms with E-state index in [2.05, 4.69) is 50.1 Å². The van der Waals surface area contributed by atoms with Crippen LogP contribution in [-0.2, 0) is 23.9 Å². The van der Waals surface area contributed by atoms with Crippen LogP contribution in [0.4, 0.5) is 28.4 Å². The molecule has 3 aromatic rings. The minimum Gasteiger partial charge on any atom is -0.495 e. The number of nitrogens with zero attached hydrogens (tertiary/aromatic N) is 2. The van der Waals surface area contributed by atoms with Crippen LogP contribution in [0, 0.1) is 5.41 Å². The van der Waals surface area contributed by atoms with E-state index in [4.69, 9.17) is 45.1 Å². The van der Waals surface area contributed by atoms with Gasteiger partial charge in [-0.05, 0) is 120 Å². The second kappa shape index (κ2) is 33.0. The first kappa shape index (κ1) is 60.4. The number of hydrogen-bond donors (Lipinski definition) is 6. The fraction of sp³-hybridized carbons (Fsp3) is 0.604. The van der Waals surface area contributed by atoms with Crippen molar-refractivity contribution in [1.82, 2.24) is 15.5 Å². The number of anilines is 5. The van der Waals surface area contributed by atoms with Crippen molar-refractivity contribution in [3.63, 3.8) is 0 Å². The maximum Gasteiger partial charge on any atom is 0.230 e. The fourth-order valence-corrected chi connectivity index (χ4v) is 7.34. The van der Waals surface area contributed by atoms with Crippen molar-refractivity contribution in [3.05, 3.63) is 72.8 Å². The Bertz CT molecular complexity index is 1870. The monoisotopic (exact) mass is 977 g/mol. The van der Waals surface area contributed by atoms with Crippen molar-refractivity contribution in [2.75, 3.05) is 106 Å². The number of para-hydroxylation sites is 2. The molecule has 1 aliphatic heterocycles. The summed E-state index contributed by atoms with van der Waals surface area (Å²) < 4.78 is 16.3. The number of nitrogens with one attached hydrogen (secondary N) is 4. The first-order valence-electron chi connectivity index (χ1n) is 24.8. The van der Waals surface area contributed by atoms with Crippen molar-refractivity contribution in [2.24, 2.45) is 5.41 Å². The zero-order valence-corrected chi connectivity index (χ0v) is 44.0. The summed E-state index contributed by atoms with van der Waals surface area (Å²) in [6.07, 6.45) is 9.43. The molecule has 384 valence electrons. The number of nitrogen functional groups attached to an aromatic ring is 2. The van der Waals surface area contributed by atoms with Crippen LogP contribution in [-0.4, -0.2) is 121 Å². The minimum atomic E-state index is -0.973. The number of carbonyl (C=O) groups excluding carboxylic acids is 3. The first-order chi connectivity index (χ1) is 32.8. The highest BCUT2D eigenvalue weighted by Gasteiger charge is 2.29. The third kappa shape index (κ3) is 26.8. The average Bonchev–Trinajstić information content (AvgIpc) is 3.32. The van der Waals surface area contributed by atoms with E-state index in [1.807, 2.05) is 64.1 Å². The summed E-state index contributed by atoms with van der Waals surface area (Å²) >= 11 is 5.48. The Morgan fingerprint density at radius 2 is 1.33 bits per heavy atom. The molecule has 3 aromatic carbocycles. The van der Waals surface area contributed by atoms with Gasteiger partial charge in [-0.2, -0.15) is 0 Å². The molecule has 0 aliphatic carbocycles. The Hall–Kier alpha value is -4.70. The van der Waals surface area contributed by atoms with Crippen LogP contribution in [0.2, 0.25) is 0 Å². The van der Waals surface area contributed by atoms with Gasteiger partial charge in [0.15, 0.2) is 0 Å². The number of carbonyl (C=O) groups is 3. The number of hydrogen-bond acceptors (Lipinski definition) is 11. The van der Waals surface area contributed by atoms with E-state index in [9.17, 15) is 14.4 Å². The first-order valence-corrected chi connectivity index (χ1v) is 25.3. The topological polar surface area (TPSA) is 186 Å². The summed E-state index contributed by atoms with van der Waals surface area (Å²) in [5, 5.41) is 12.0. The number of unbranched alkanes of at least 4 members (excludes halogenated alkanes) is 4. The highest BCUT2D eigenvalue weighted by atomic mass is 35.5. The molecule has 69 heavy (non-hydrogen) atoms. The normalized spacial score (nSPS) is 13.7.